The lowest BCUT2D eigenvalue weighted by atomic mass is 9.89. The van der Waals surface area contributed by atoms with Gasteiger partial charge in [0.15, 0.2) is 0 Å². The predicted molar refractivity (Wildman–Crippen MR) is 56.7 cm³/mol. The number of nitrogen functional groups attached to an aromatic ring is 1. The number of hydrogen-bond acceptors (Lipinski definition) is 3. The number of hydrogen-bond donors (Lipinski definition) is 3. The molecule has 0 aromatic heterocycles. The largest absolute Gasteiger partial charge is 0.398 e. The van der Waals surface area contributed by atoms with Crippen molar-refractivity contribution in [2.45, 2.75) is 31.5 Å². The molecule has 76 valence electrons. The Labute approximate surface area is 83.9 Å². The van der Waals surface area contributed by atoms with Crippen molar-refractivity contribution in [3.8, 4) is 0 Å². The average molecular weight is 192 g/mol. The Morgan fingerprint density at radius 2 is 2.14 bits per heavy atom. The summed E-state index contributed by atoms with van der Waals surface area (Å²) in [6, 6.07) is 8.07. The summed E-state index contributed by atoms with van der Waals surface area (Å²) in [5.74, 6) is 0. The number of nitrogens with one attached hydrogen (secondary N) is 1. The van der Waals surface area contributed by atoms with Crippen molar-refractivity contribution in [1.82, 2.24) is 5.32 Å². The fraction of sp³-hybridized carbons (Fsp3) is 0.455. The van der Waals surface area contributed by atoms with E-state index < -0.39 is 0 Å². The first kappa shape index (κ1) is 9.49. The Morgan fingerprint density at radius 1 is 1.36 bits per heavy atom. The maximum atomic E-state index is 9.36. The number of aliphatic hydroxyl groups is 1. The molecular weight excluding hydrogens is 176 g/mol. The molecule has 1 aromatic rings. The van der Waals surface area contributed by atoms with E-state index in [2.05, 4.69) is 5.32 Å². The van der Waals surface area contributed by atoms with Crippen LogP contribution in [0.5, 0.6) is 0 Å². The van der Waals surface area contributed by atoms with Crippen molar-refractivity contribution in [1.29, 1.82) is 0 Å². The lowest BCUT2D eigenvalue weighted by Gasteiger charge is -2.33. The molecule has 1 fully saturated rings. The highest BCUT2D eigenvalue weighted by Gasteiger charge is 2.27. The van der Waals surface area contributed by atoms with E-state index >= 15 is 0 Å². The molecule has 1 aromatic carbocycles. The molecule has 2 atom stereocenters. The van der Waals surface area contributed by atoms with E-state index in [0.29, 0.717) is 0 Å². The van der Waals surface area contributed by atoms with Crippen LogP contribution < -0.4 is 11.1 Å². The second-order valence-electron chi connectivity index (χ2n) is 3.83. The van der Waals surface area contributed by atoms with Crippen molar-refractivity contribution in [2.24, 2.45) is 0 Å². The molecule has 3 heteroatoms. The molecule has 1 saturated carbocycles. The van der Waals surface area contributed by atoms with E-state index in [1.807, 2.05) is 24.3 Å². The van der Waals surface area contributed by atoms with Gasteiger partial charge in [-0.05, 0) is 24.5 Å². The summed E-state index contributed by atoms with van der Waals surface area (Å²) < 4.78 is 0. The molecule has 4 N–H and O–H groups in total. The van der Waals surface area contributed by atoms with Crippen LogP contribution in [0.4, 0.5) is 5.69 Å². The highest BCUT2D eigenvalue weighted by Crippen LogP contribution is 2.20. The third-order valence-electron chi connectivity index (χ3n) is 2.85. The van der Waals surface area contributed by atoms with Crippen LogP contribution in [0.25, 0.3) is 0 Å². The van der Waals surface area contributed by atoms with Gasteiger partial charge in [-0.2, -0.15) is 0 Å². The molecule has 0 saturated heterocycles. The molecule has 0 spiro atoms. The molecule has 0 aliphatic heterocycles. The van der Waals surface area contributed by atoms with Crippen LogP contribution in [0, 0.1) is 0 Å². The molecule has 0 radical (unpaired) electrons. The lowest BCUT2D eigenvalue weighted by Crippen LogP contribution is -2.47. The minimum atomic E-state index is -0.167. The highest BCUT2D eigenvalue weighted by molar-refractivity contribution is 5.46. The van der Waals surface area contributed by atoms with Gasteiger partial charge in [0, 0.05) is 18.3 Å². The van der Waals surface area contributed by atoms with Gasteiger partial charge in [0.1, 0.15) is 0 Å². The van der Waals surface area contributed by atoms with E-state index in [4.69, 9.17) is 5.73 Å². The van der Waals surface area contributed by atoms with E-state index in [1.165, 1.54) is 0 Å². The molecule has 0 bridgehead atoms. The van der Waals surface area contributed by atoms with E-state index in [-0.39, 0.29) is 12.1 Å². The maximum Gasteiger partial charge on any atom is 0.0693 e. The van der Waals surface area contributed by atoms with Crippen molar-refractivity contribution in [3.05, 3.63) is 29.8 Å². The SMILES string of the molecule is Nc1ccccc1CN[C@@H]1CC[C@H]1O. The smallest absolute Gasteiger partial charge is 0.0693 e. The quantitative estimate of drug-likeness (QED) is 0.623. The number of benzene rings is 1. The number of rotatable bonds is 3. The summed E-state index contributed by atoms with van der Waals surface area (Å²) in [5, 5.41) is 12.7. The molecule has 1 aliphatic rings. The lowest BCUT2D eigenvalue weighted by molar-refractivity contribution is 0.0493. The molecule has 0 unspecified atom stereocenters. The van der Waals surface area contributed by atoms with Crippen molar-refractivity contribution in [2.75, 3.05) is 5.73 Å². The molecule has 0 heterocycles. The van der Waals surface area contributed by atoms with Gasteiger partial charge >= 0.3 is 0 Å². The third-order valence-corrected chi connectivity index (χ3v) is 2.85. The second-order valence-corrected chi connectivity index (χ2v) is 3.83. The van der Waals surface area contributed by atoms with Gasteiger partial charge in [-0.15, -0.1) is 0 Å². The van der Waals surface area contributed by atoms with Crippen molar-refractivity contribution in [3.63, 3.8) is 0 Å². The van der Waals surface area contributed by atoms with Crippen molar-refractivity contribution < 1.29 is 5.11 Å². The van der Waals surface area contributed by atoms with Crippen LogP contribution in [-0.2, 0) is 6.54 Å². The summed E-state index contributed by atoms with van der Waals surface area (Å²) in [4.78, 5) is 0. The fourth-order valence-electron chi connectivity index (χ4n) is 1.66. The molecule has 0 amide bonds. The maximum absolute atomic E-state index is 9.36. The molecule has 2 rings (SSSR count). The Hall–Kier alpha value is -1.06. The first-order valence-electron chi connectivity index (χ1n) is 5.02. The predicted octanol–water partition coefficient (Wildman–Crippen LogP) is 0.882. The summed E-state index contributed by atoms with van der Waals surface area (Å²) in [5.41, 5.74) is 7.72. The fourth-order valence-corrected chi connectivity index (χ4v) is 1.66. The van der Waals surface area contributed by atoms with Gasteiger partial charge in [0.2, 0.25) is 0 Å². The van der Waals surface area contributed by atoms with E-state index in [1.54, 1.807) is 0 Å². The minimum Gasteiger partial charge on any atom is -0.398 e. The summed E-state index contributed by atoms with van der Waals surface area (Å²) in [6.07, 6.45) is 1.82. The van der Waals surface area contributed by atoms with Gasteiger partial charge in [-0.1, -0.05) is 18.2 Å². The standard InChI is InChI=1S/C11H16N2O/c12-9-4-2-1-3-8(9)7-13-10-5-6-11(10)14/h1-4,10-11,13-14H,5-7,12H2/t10-,11-/m1/s1. The number of nitrogens with two attached hydrogens (primary N) is 1. The summed E-state index contributed by atoms with van der Waals surface area (Å²) in [7, 11) is 0. The Kier molecular flexibility index (Phi) is 2.70. The highest BCUT2D eigenvalue weighted by atomic mass is 16.3. The monoisotopic (exact) mass is 192 g/mol. The third kappa shape index (κ3) is 1.89. The molecule has 3 nitrogen and oxygen atoms in total. The van der Waals surface area contributed by atoms with Crippen LogP contribution in [0.15, 0.2) is 24.3 Å². The number of aliphatic hydroxyl groups excluding tert-OH is 1. The Morgan fingerprint density at radius 3 is 2.71 bits per heavy atom. The zero-order chi connectivity index (χ0) is 9.97. The topological polar surface area (TPSA) is 58.3 Å². The van der Waals surface area contributed by atoms with Gasteiger partial charge in [-0.3, -0.25) is 0 Å². The Bertz CT molecular complexity index is 314. The second kappa shape index (κ2) is 3.98. The summed E-state index contributed by atoms with van der Waals surface area (Å²) >= 11 is 0. The Balaban J connectivity index is 1.88. The number of anilines is 1. The van der Waals surface area contributed by atoms with Crippen LogP contribution in [0.2, 0.25) is 0 Å². The van der Waals surface area contributed by atoms with Crippen LogP contribution in [0.1, 0.15) is 18.4 Å². The normalized spacial score (nSPS) is 25.8. The van der Waals surface area contributed by atoms with Gasteiger partial charge in [-0.25, -0.2) is 0 Å². The van der Waals surface area contributed by atoms with Crippen LogP contribution in [-0.4, -0.2) is 17.3 Å². The van der Waals surface area contributed by atoms with Gasteiger partial charge < -0.3 is 16.2 Å². The van der Waals surface area contributed by atoms with E-state index in [0.717, 1.165) is 30.6 Å². The van der Waals surface area contributed by atoms with Gasteiger partial charge in [0.25, 0.3) is 0 Å². The first-order chi connectivity index (χ1) is 6.77. The summed E-state index contributed by atoms with van der Waals surface area (Å²) in [6.45, 7) is 0.744. The zero-order valence-electron chi connectivity index (χ0n) is 8.11. The van der Waals surface area contributed by atoms with Crippen molar-refractivity contribution >= 4 is 5.69 Å². The minimum absolute atomic E-state index is 0.167. The van der Waals surface area contributed by atoms with E-state index in [9.17, 15) is 5.11 Å². The number of para-hydroxylation sites is 1. The van der Waals surface area contributed by atoms with Gasteiger partial charge in [0.05, 0.1) is 6.10 Å². The van der Waals surface area contributed by atoms with Crippen LogP contribution >= 0.6 is 0 Å². The van der Waals surface area contributed by atoms with Crippen LogP contribution in [0.3, 0.4) is 0 Å². The molecule has 1 aliphatic carbocycles. The molecular formula is C11H16N2O. The average Bonchev–Trinajstić information content (AvgIpc) is 2.19. The molecule has 14 heavy (non-hydrogen) atoms. The zero-order valence-corrected chi connectivity index (χ0v) is 8.11. The first-order valence-corrected chi connectivity index (χ1v) is 5.02.